The van der Waals surface area contributed by atoms with Crippen LogP contribution in [0, 0.1) is 0 Å². The molecule has 0 radical (unpaired) electrons. The highest BCUT2D eigenvalue weighted by molar-refractivity contribution is 5.90. The van der Waals surface area contributed by atoms with Gasteiger partial charge in [0.15, 0.2) is 0 Å². The van der Waals surface area contributed by atoms with E-state index >= 15 is 0 Å². The summed E-state index contributed by atoms with van der Waals surface area (Å²) in [5, 5.41) is 16.4. The summed E-state index contributed by atoms with van der Waals surface area (Å²) in [7, 11) is 1.65. The lowest BCUT2D eigenvalue weighted by Gasteiger charge is -2.16. The first-order chi connectivity index (χ1) is 9.49. The molecule has 0 aliphatic carbocycles. The Kier molecular flexibility index (Phi) is 4.02. The molecule has 1 heterocycles. The Labute approximate surface area is 117 Å². The smallest absolute Gasteiger partial charge is 0.293 e. The third kappa shape index (κ3) is 2.96. The van der Waals surface area contributed by atoms with Crippen molar-refractivity contribution in [2.45, 2.75) is 26.3 Å². The molecule has 1 aromatic heterocycles. The van der Waals surface area contributed by atoms with Gasteiger partial charge in [0.1, 0.15) is 11.6 Å². The lowest BCUT2D eigenvalue weighted by atomic mass is 10.2. The third-order valence-corrected chi connectivity index (χ3v) is 2.99. The second kappa shape index (κ2) is 5.73. The van der Waals surface area contributed by atoms with E-state index in [2.05, 4.69) is 15.2 Å². The van der Waals surface area contributed by atoms with Crippen LogP contribution in [-0.2, 0) is 6.54 Å². The Morgan fingerprint density at radius 2 is 2.10 bits per heavy atom. The van der Waals surface area contributed by atoms with E-state index in [1.54, 1.807) is 25.2 Å². The van der Waals surface area contributed by atoms with Gasteiger partial charge in [-0.25, -0.2) is 4.98 Å². The van der Waals surface area contributed by atoms with Gasteiger partial charge in [-0.3, -0.25) is 9.89 Å². The first-order valence-corrected chi connectivity index (χ1v) is 6.43. The predicted molar refractivity (Wildman–Crippen MR) is 74.4 cm³/mol. The maximum atomic E-state index is 12.2. The van der Waals surface area contributed by atoms with Gasteiger partial charge in [0.05, 0.1) is 0 Å². The fraction of sp³-hybridized carbons (Fsp3) is 0.357. The number of amides is 1. The topological polar surface area (TPSA) is 82.1 Å². The summed E-state index contributed by atoms with van der Waals surface area (Å²) in [4.78, 5) is 17.8. The number of phenols is 1. The van der Waals surface area contributed by atoms with Crippen molar-refractivity contribution in [3.63, 3.8) is 0 Å². The fourth-order valence-electron chi connectivity index (χ4n) is 1.77. The summed E-state index contributed by atoms with van der Waals surface area (Å²) in [6.07, 6.45) is 0. The number of nitrogens with one attached hydrogen (secondary N) is 1. The quantitative estimate of drug-likeness (QED) is 0.892. The summed E-state index contributed by atoms with van der Waals surface area (Å²) < 4.78 is 0. The molecule has 0 saturated carbocycles. The number of benzene rings is 1. The molecule has 0 unspecified atom stereocenters. The molecule has 0 aliphatic heterocycles. The van der Waals surface area contributed by atoms with E-state index in [-0.39, 0.29) is 23.4 Å². The number of hydrogen-bond donors (Lipinski definition) is 2. The van der Waals surface area contributed by atoms with Crippen molar-refractivity contribution >= 4 is 5.91 Å². The van der Waals surface area contributed by atoms with Crippen LogP contribution in [0.25, 0.3) is 0 Å². The molecule has 6 nitrogen and oxygen atoms in total. The van der Waals surface area contributed by atoms with Gasteiger partial charge in [-0.1, -0.05) is 32.0 Å². The molecule has 2 N–H and O–H groups in total. The van der Waals surface area contributed by atoms with Crippen molar-refractivity contribution in [3.8, 4) is 5.75 Å². The van der Waals surface area contributed by atoms with Crippen molar-refractivity contribution < 1.29 is 9.90 Å². The van der Waals surface area contributed by atoms with Gasteiger partial charge in [0.2, 0.25) is 5.82 Å². The predicted octanol–water partition coefficient (Wildman–Crippen LogP) is 1.91. The van der Waals surface area contributed by atoms with E-state index < -0.39 is 0 Å². The zero-order chi connectivity index (χ0) is 14.7. The minimum atomic E-state index is -0.281. The average molecular weight is 274 g/mol. The van der Waals surface area contributed by atoms with Crippen molar-refractivity contribution in [3.05, 3.63) is 41.5 Å². The monoisotopic (exact) mass is 274 g/mol. The Hall–Kier alpha value is -2.37. The van der Waals surface area contributed by atoms with Crippen LogP contribution in [0.5, 0.6) is 5.75 Å². The summed E-state index contributed by atoms with van der Waals surface area (Å²) in [5.74, 6) is 0.907. The minimum Gasteiger partial charge on any atom is -0.508 e. The van der Waals surface area contributed by atoms with E-state index in [9.17, 15) is 9.90 Å². The zero-order valence-corrected chi connectivity index (χ0v) is 11.8. The molecule has 2 aromatic rings. The van der Waals surface area contributed by atoms with Crippen LogP contribution in [0.3, 0.4) is 0 Å². The molecule has 0 fully saturated rings. The van der Waals surface area contributed by atoms with E-state index in [1.165, 1.54) is 4.90 Å². The normalized spacial score (nSPS) is 10.8. The molecule has 0 atom stereocenters. The van der Waals surface area contributed by atoms with Gasteiger partial charge < -0.3 is 10.0 Å². The number of carbonyl (C=O) groups excluding carboxylic acids is 1. The van der Waals surface area contributed by atoms with Crippen LogP contribution in [-0.4, -0.2) is 38.1 Å². The molecule has 20 heavy (non-hydrogen) atoms. The number of hydrogen-bond acceptors (Lipinski definition) is 4. The van der Waals surface area contributed by atoms with Gasteiger partial charge in [-0.05, 0) is 6.07 Å². The zero-order valence-electron chi connectivity index (χ0n) is 11.8. The molecule has 0 aliphatic rings. The number of para-hydroxylation sites is 1. The van der Waals surface area contributed by atoms with Crippen molar-refractivity contribution in [1.82, 2.24) is 20.1 Å². The number of aromatic nitrogens is 3. The Bertz CT molecular complexity index is 607. The SMILES string of the molecule is CC(C)c1nc(C(=O)N(C)Cc2ccccc2O)n[nH]1. The number of carbonyl (C=O) groups is 1. The summed E-state index contributed by atoms with van der Waals surface area (Å²) in [6.45, 7) is 4.25. The van der Waals surface area contributed by atoms with Crippen molar-refractivity contribution in [2.75, 3.05) is 7.05 Å². The maximum absolute atomic E-state index is 12.2. The van der Waals surface area contributed by atoms with E-state index in [0.29, 0.717) is 17.9 Å². The molecular formula is C14H18N4O2. The Morgan fingerprint density at radius 1 is 1.40 bits per heavy atom. The van der Waals surface area contributed by atoms with Gasteiger partial charge in [-0.15, -0.1) is 5.10 Å². The lowest BCUT2D eigenvalue weighted by molar-refractivity contribution is 0.0772. The molecule has 0 saturated heterocycles. The van der Waals surface area contributed by atoms with Crippen LogP contribution >= 0.6 is 0 Å². The van der Waals surface area contributed by atoms with Crippen LogP contribution in [0.15, 0.2) is 24.3 Å². The number of nitrogens with zero attached hydrogens (tertiary/aromatic N) is 3. The molecule has 0 spiro atoms. The van der Waals surface area contributed by atoms with Gasteiger partial charge in [0, 0.05) is 25.1 Å². The molecule has 1 amide bonds. The molecule has 1 aromatic carbocycles. The van der Waals surface area contributed by atoms with Gasteiger partial charge in [-0.2, -0.15) is 0 Å². The standard InChI is InChI=1S/C14H18N4O2/c1-9(2)12-15-13(17-16-12)14(20)18(3)8-10-6-4-5-7-11(10)19/h4-7,9,19H,8H2,1-3H3,(H,15,16,17). The number of phenolic OH excluding ortho intramolecular Hbond substituents is 1. The second-order valence-corrected chi connectivity index (χ2v) is 4.99. The third-order valence-electron chi connectivity index (χ3n) is 2.99. The lowest BCUT2D eigenvalue weighted by Crippen LogP contribution is -2.27. The fourth-order valence-corrected chi connectivity index (χ4v) is 1.77. The van der Waals surface area contributed by atoms with Gasteiger partial charge in [0.25, 0.3) is 5.91 Å². The van der Waals surface area contributed by atoms with E-state index in [0.717, 1.165) is 0 Å². The first-order valence-electron chi connectivity index (χ1n) is 6.43. The summed E-state index contributed by atoms with van der Waals surface area (Å²) in [6, 6.07) is 6.93. The maximum Gasteiger partial charge on any atom is 0.293 e. The first kappa shape index (κ1) is 14.0. The molecule has 6 heteroatoms. The highest BCUT2D eigenvalue weighted by atomic mass is 16.3. The molecule has 106 valence electrons. The van der Waals surface area contributed by atoms with Crippen molar-refractivity contribution in [2.24, 2.45) is 0 Å². The highest BCUT2D eigenvalue weighted by Crippen LogP contribution is 2.18. The number of H-pyrrole nitrogens is 1. The summed E-state index contributed by atoms with van der Waals surface area (Å²) in [5.41, 5.74) is 0.683. The van der Waals surface area contributed by atoms with Crippen LogP contribution in [0.2, 0.25) is 0 Å². The molecular weight excluding hydrogens is 256 g/mol. The van der Waals surface area contributed by atoms with Crippen LogP contribution < -0.4 is 0 Å². The Morgan fingerprint density at radius 3 is 2.70 bits per heavy atom. The number of aromatic hydroxyl groups is 1. The second-order valence-electron chi connectivity index (χ2n) is 4.99. The molecule has 2 rings (SSSR count). The number of aromatic amines is 1. The van der Waals surface area contributed by atoms with Gasteiger partial charge >= 0.3 is 0 Å². The Balaban J connectivity index is 2.10. The summed E-state index contributed by atoms with van der Waals surface area (Å²) >= 11 is 0. The van der Waals surface area contributed by atoms with E-state index in [4.69, 9.17) is 0 Å². The van der Waals surface area contributed by atoms with E-state index in [1.807, 2.05) is 19.9 Å². The minimum absolute atomic E-state index is 0.145. The largest absolute Gasteiger partial charge is 0.508 e. The highest BCUT2D eigenvalue weighted by Gasteiger charge is 2.19. The van der Waals surface area contributed by atoms with Crippen molar-refractivity contribution in [1.29, 1.82) is 0 Å². The van der Waals surface area contributed by atoms with Crippen LogP contribution in [0.4, 0.5) is 0 Å². The number of rotatable bonds is 4. The average Bonchev–Trinajstić information content (AvgIpc) is 2.90. The van der Waals surface area contributed by atoms with Crippen LogP contribution in [0.1, 0.15) is 41.8 Å². The molecule has 0 bridgehead atoms.